The summed E-state index contributed by atoms with van der Waals surface area (Å²) < 4.78 is 0. The second kappa shape index (κ2) is 2.90. The number of aromatic amines is 1. The van der Waals surface area contributed by atoms with E-state index >= 15 is 0 Å². The number of aromatic nitrogens is 2. The molecule has 1 aromatic heterocycles. The average Bonchev–Trinajstić information content (AvgIpc) is 2.53. The third kappa shape index (κ3) is 1.33. The van der Waals surface area contributed by atoms with E-state index < -0.39 is 0 Å². The number of fused-ring (bicyclic) bond motifs is 2. The predicted octanol–water partition coefficient (Wildman–Crippen LogP) is 1.19. The summed E-state index contributed by atoms with van der Waals surface area (Å²) in [5, 5.41) is 2.81. The van der Waals surface area contributed by atoms with Crippen LogP contribution < -0.4 is 11.1 Å². The molecule has 0 radical (unpaired) electrons. The van der Waals surface area contributed by atoms with Crippen molar-refractivity contribution in [1.82, 2.24) is 9.97 Å². The molecule has 0 aliphatic carbocycles. The fraction of sp³-hybridized carbons (Fsp3) is 0.111. The molecule has 1 aromatic carbocycles. The van der Waals surface area contributed by atoms with E-state index in [9.17, 15) is 4.79 Å². The lowest BCUT2D eigenvalue weighted by molar-refractivity contribution is -0.113. The molecule has 1 aliphatic heterocycles. The molecule has 1 aliphatic rings. The number of hydrogen-bond acceptors (Lipinski definition) is 4. The molecule has 1 amide bonds. The van der Waals surface area contributed by atoms with Crippen LogP contribution in [0.15, 0.2) is 17.0 Å². The van der Waals surface area contributed by atoms with Gasteiger partial charge in [-0.25, -0.2) is 4.98 Å². The van der Waals surface area contributed by atoms with Crippen molar-refractivity contribution in [3.63, 3.8) is 0 Å². The number of amides is 1. The van der Waals surface area contributed by atoms with Crippen LogP contribution >= 0.6 is 11.8 Å². The Morgan fingerprint density at radius 2 is 2.33 bits per heavy atom. The highest BCUT2D eigenvalue weighted by Gasteiger charge is 2.16. The Bertz CT molecular complexity index is 562. The topological polar surface area (TPSA) is 83.8 Å². The van der Waals surface area contributed by atoms with E-state index in [1.807, 2.05) is 12.1 Å². The lowest BCUT2D eigenvalue weighted by Gasteiger charge is -2.15. The van der Waals surface area contributed by atoms with Gasteiger partial charge < -0.3 is 16.0 Å². The maximum Gasteiger partial charge on any atom is 0.234 e. The van der Waals surface area contributed by atoms with Crippen LogP contribution in [0.2, 0.25) is 0 Å². The van der Waals surface area contributed by atoms with Gasteiger partial charge >= 0.3 is 0 Å². The molecular weight excluding hydrogens is 212 g/mol. The van der Waals surface area contributed by atoms with Crippen LogP contribution in [0.3, 0.4) is 0 Å². The van der Waals surface area contributed by atoms with Gasteiger partial charge in [-0.15, -0.1) is 11.8 Å². The normalized spacial score (nSPS) is 15.1. The Balaban J connectivity index is 2.23. The fourth-order valence-corrected chi connectivity index (χ4v) is 2.42. The van der Waals surface area contributed by atoms with E-state index in [1.165, 1.54) is 11.8 Å². The van der Waals surface area contributed by atoms with Gasteiger partial charge in [-0.1, -0.05) is 0 Å². The molecule has 76 valence electrons. The Labute approximate surface area is 89.4 Å². The summed E-state index contributed by atoms with van der Waals surface area (Å²) in [5.41, 5.74) is 8.05. The molecule has 0 spiro atoms. The van der Waals surface area contributed by atoms with Crippen molar-refractivity contribution in [2.75, 3.05) is 16.8 Å². The van der Waals surface area contributed by atoms with Crippen LogP contribution in [0.25, 0.3) is 11.0 Å². The van der Waals surface area contributed by atoms with Gasteiger partial charge in [-0.2, -0.15) is 0 Å². The van der Waals surface area contributed by atoms with Gasteiger partial charge in [0.2, 0.25) is 5.91 Å². The number of nitrogens with zero attached hydrogens (tertiary/aromatic N) is 1. The first-order chi connectivity index (χ1) is 7.22. The maximum atomic E-state index is 11.2. The molecular formula is C9H8N4OS. The molecule has 0 fully saturated rings. The van der Waals surface area contributed by atoms with Gasteiger partial charge in [0.1, 0.15) is 0 Å². The number of benzene rings is 1. The molecule has 0 atom stereocenters. The highest BCUT2D eigenvalue weighted by molar-refractivity contribution is 8.00. The SMILES string of the molecule is Nc1nc2cc3c(cc2[nH]1)NC(=O)CS3. The molecule has 0 saturated heterocycles. The summed E-state index contributed by atoms with van der Waals surface area (Å²) in [7, 11) is 0. The number of thioether (sulfide) groups is 1. The summed E-state index contributed by atoms with van der Waals surface area (Å²) in [6.45, 7) is 0. The molecule has 5 nitrogen and oxygen atoms in total. The summed E-state index contributed by atoms with van der Waals surface area (Å²) in [4.78, 5) is 19.3. The number of imidazole rings is 1. The molecule has 2 aromatic rings. The second-order valence-electron chi connectivity index (χ2n) is 3.32. The smallest absolute Gasteiger partial charge is 0.234 e. The van der Waals surface area contributed by atoms with Gasteiger partial charge in [0.15, 0.2) is 5.95 Å². The number of carbonyl (C=O) groups excluding carboxylic acids is 1. The largest absolute Gasteiger partial charge is 0.369 e. The van der Waals surface area contributed by atoms with Crippen molar-refractivity contribution in [2.24, 2.45) is 0 Å². The van der Waals surface area contributed by atoms with Crippen molar-refractivity contribution in [3.8, 4) is 0 Å². The van der Waals surface area contributed by atoms with E-state index in [0.29, 0.717) is 11.7 Å². The Hall–Kier alpha value is -1.69. The third-order valence-corrected chi connectivity index (χ3v) is 3.29. The van der Waals surface area contributed by atoms with E-state index in [0.717, 1.165) is 21.6 Å². The summed E-state index contributed by atoms with van der Waals surface area (Å²) in [6, 6.07) is 3.79. The lowest BCUT2D eigenvalue weighted by Crippen LogP contribution is -2.18. The Morgan fingerprint density at radius 1 is 1.47 bits per heavy atom. The molecule has 0 unspecified atom stereocenters. The van der Waals surface area contributed by atoms with Crippen molar-refractivity contribution in [3.05, 3.63) is 12.1 Å². The number of H-pyrrole nitrogens is 1. The summed E-state index contributed by atoms with van der Waals surface area (Å²) in [5.74, 6) is 0.876. The number of rotatable bonds is 0. The fourth-order valence-electron chi connectivity index (χ4n) is 1.60. The van der Waals surface area contributed by atoms with E-state index in [2.05, 4.69) is 15.3 Å². The molecule has 0 bridgehead atoms. The predicted molar refractivity (Wildman–Crippen MR) is 59.9 cm³/mol. The van der Waals surface area contributed by atoms with Crippen molar-refractivity contribution >= 4 is 40.3 Å². The zero-order valence-corrected chi connectivity index (χ0v) is 8.52. The zero-order chi connectivity index (χ0) is 10.4. The van der Waals surface area contributed by atoms with Crippen LogP contribution in [-0.4, -0.2) is 21.6 Å². The Kier molecular flexibility index (Phi) is 1.66. The highest BCUT2D eigenvalue weighted by atomic mass is 32.2. The first-order valence-corrected chi connectivity index (χ1v) is 5.43. The lowest BCUT2D eigenvalue weighted by atomic mass is 10.2. The van der Waals surface area contributed by atoms with Gasteiger partial charge in [-0.3, -0.25) is 4.79 Å². The van der Waals surface area contributed by atoms with E-state index in [4.69, 9.17) is 5.73 Å². The van der Waals surface area contributed by atoms with Gasteiger partial charge in [-0.05, 0) is 12.1 Å². The molecule has 15 heavy (non-hydrogen) atoms. The van der Waals surface area contributed by atoms with Gasteiger partial charge in [0.25, 0.3) is 0 Å². The summed E-state index contributed by atoms with van der Waals surface area (Å²) in [6.07, 6.45) is 0. The van der Waals surface area contributed by atoms with Crippen LogP contribution in [-0.2, 0) is 4.79 Å². The second-order valence-corrected chi connectivity index (χ2v) is 4.34. The Morgan fingerprint density at radius 3 is 3.20 bits per heavy atom. The number of hydrogen-bond donors (Lipinski definition) is 3. The van der Waals surface area contributed by atoms with Crippen LogP contribution in [0, 0.1) is 0 Å². The van der Waals surface area contributed by atoms with Crippen molar-refractivity contribution < 1.29 is 4.79 Å². The minimum atomic E-state index is 0.0272. The first-order valence-electron chi connectivity index (χ1n) is 4.44. The number of nitrogen functional groups attached to an aromatic ring is 1. The van der Waals surface area contributed by atoms with E-state index in [1.54, 1.807) is 0 Å². The van der Waals surface area contributed by atoms with Crippen LogP contribution in [0.1, 0.15) is 0 Å². The highest BCUT2D eigenvalue weighted by Crippen LogP contribution is 2.34. The standard InChI is InChI=1S/C9H8N4OS/c10-9-12-4-1-6-7(2-5(4)13-9)15-3-8(14)11-6/h1-2H,3H2,(H,11,14)(H3,10,12,13). The molecule has 6 heteroatoms. The average molecular weight is 220 g/mol. The van der Waals surface area contributed by atoms with Crippen molar-refractivity contribution in [1.29, 1.82) is 0 Å². The molecule has 0 saturated carbocycles. The van der Waals surface area contributed by atoms with Crippen LogP contribution in [0.4, 0.5) is 11.6 Å². The van der Waals surface area contributed by atoms with Gasteiger partial charge in [0.05, 0.1) is 22.5 Å². The van der Waals surface area contributed by atoms with Crippen molar-refractivity contribution in [2.45, 2.75) is 4.90 Å². The molecule has 2 heterocycles. The third-order valence-electron chi connectivity index (χ3n) is 2.23. The van der Waals surface area contributed by atoms with Crippen LogP contribution in [0.5, 0.6) is 0 Å². The minimum absolute atomic E-state index is 0.0272. The molecule has 4 N–H and O–H groups in total. The molecule has 3 rings (SSSR count). The number of nitrogens with one attached hydrogen (secondary N) is 2. The monoisotopic (exact) mass is 220 g/mol. The van der Waals surface area contributed by atoms with Gasteiger partial charge in [0, 0.05) is 4.90 Å². The number of carbonyl (C=O) groups is 1. The number of anilines is 2. The summed E-state index contributed by atoms with van der Waals surface area (Å²) >= 11 is 1.51. The van der Waals surface area contributed by atoms with E-state index in [-0.39, 0.29) is 5.91 Å². The zero-order valence-electron chi connectivity index (χ0n) is 7.70. The minimum Gasteiger partial charge on any atom is -0.369 e. The first kappa shape index (κ1) is 8.60. The quantitative estimate of drug-likeness (QED) is 0.622. The maximum absolute atomic E-state index is 11.2. The number of nitrogens with two attached hydrogens (primary N) is 1.